The zero-order chi connectivity index (χ0) is 18.2. The Labute approximate surface area is 154 Å². The van der Waals surface area contributed by atoms with Gasteiger partial charge in [0.1, 0.15) is 29.2 Å². The molecule has 2 aromatic rings. The topological polar surface area (TPSA) is 83.1 Å². The molecule has 0 unspecified atom stereocenters. The molecular formula is C18H10Cl2N2O3. The number of carbonyl (C=O) groups excluding carboxylic acids is 1. The van der Waals surface area contributed by atoms with E-state index < -0.39 is 5.97 Å². The van der Waals surface area contributed by atoms with E-state index in [2.05, 4.69) is 0 Å². The van der Waals surface area contributed by atoms with Crippen LogP contribution in [-0.4, -0.2) is 12.6 Å². The first-order valence-corrected chi connectivity index (χ1v) is 7.68. The Morgan fingerprint density at radius 1 is 1.08 bits per heavy atom. The molecule has 0 aliphatic carbocycles. The molecule has 0 spiro atoms. The molecular weight excluding hydrogens is 363 g/mol. The number of halogens is 2. The predicted molar refractivity (Wildman–Crippen MR) is 93.2 cm³/mol. The van der Waals surface area contributed by atoms with Gasteiger partial charge in [0, 0.05) is 5.02 Å². The number of nitrogens with zero attached hydrogens (tertiary/aromatic N) is 2. The van der Waals surface area contributed by atoms with Gasteiger partial charge in [-0.25, -0.2) is 4.79 Å². The molecule has 0 N–H and O–H groups in total. The molecule has 0 atom stereocenters. The third-order valence-electron chi connectivity index (χ3n) is 2.90. The number of ether oxygens (including phenoxy) is 2. The minimum atomic E-state index is -0.607. The number of hydrogen-bond acceptors (Lipinski definition) is 5. The summed E-state index contributed by atoms with van der Waals surface area (Å²) in [4.78, 5) is 11.8. The molecule has 0 bridgehead atoms. The Hall–Kier alpha value is -2.99. The van der Waals surface area contributed by atoms with E-state index in [0.29, 0.717) is 27.1 Å². The van der Waals surface area contributed by atoms with E-state index >= 15 is 0 Å². The molecule has 7 heteroatoms. The molecule has 124 valence electrons. The van der Waals surface area contributed by atoms with Crippen molar-refractivity contribution in [1.29, 1.82) is 10.5 Å². The van der Waals surface area contributed by atoms with Gasteiger partial charge in [-0.1, -0.05) is 35.3 Å². The first-order valence-electron chi connectivity index (χ1n) is 6.92. The third-order valence-corrected chi connectivity index (χ3v) is 3.43. The van der Waals surface area contributed by atoms with Gasteiger partial charge in [-0.05, 0) is 42.0 Å². The molecule has 0 aliphatic heterocycles. The summed E-state index contributed by atoms with van der Waals surface area (Å²) in [5.74, 6) is 0.0245. The maximum Gasteiger partial charge on any atom is 0.349 e. The van der Waals surface area contributed by atoms with Crippen molar-refractivity contribution in [1.82, 2.24) is 0 Å². The van der Waals surface area contributed by atoms with Gasteiger partial charge < -0.3 is 9.47 Å². The van der Waals surface area contributed by atoms with Crippen molar-refractivity contribution in [3.63, 3.8) is 0 Å². The lowest BCUT2D eigenvalue weighted by atomic mass is 10.1. The van der Waals surface area contributed by atoms with E-state index in [1.54, 1.807) is 48.5 Å². The first kappa shape index (κ1) is 18.4. The number of nitriles is 2. The molecule has 0 radical (unpaired) electrons. The van der Waals surface area contributed by atoms with Crippen LogP contribution in [-0.2, 0) is 4.79 Å². The van der Waals surface area contributed by atoms with Crippen LogP contribution in [0, 0.1) is 22.7 Å². The van der Waals surface area contributed by atoms with Gasteiger partial charge in [-0.3, -0.25) is 0 Å². The summed E-state index contributed by atoms with van der Waals surface area (Å²) in [5, 5.41) is 18.2. The van der Waals surface area contributed by atoms with Crippen LogP contribution in [0.1, 0.15) is 5.56 Å². The van der Waals surface area contributed by atoms with Crippen LogP contribution in [0.5, 0.6) is 11.5 Å². The summed E-state index contributed by atoms with van der Waals surface area (Å²) < 4.78 is 10.4. The van der Waals surface area contributed by atoms with Gasteiger partial charge in [-0.15, -0.1) is 0 Å². The molecule has 0 aromatic heterocycles. The van der Waals surface area contributed by atoms with E-state index in [9.17, 15) is 4.79 Å². The van der Waals surface area contributed by atoms with E-state index in [4.69, 9.17) is 43.2 Å². The summed E-state index contributed by atoms with van der Waals surface area (Å²) in [6, 6.07) is 14.5. The molecule has 0 saturated carbocycles. The summed E-state index contributed by atoms with van der Waals surface area (Å²) in [6.07, 6.45) is 1.43. The molecule has 5 nitrogen and oxygen atoms in total. The lowest BCUT2D eigenvalue weighted by Gasteiger charge is -2.08. The summed E-state index contributed by atoms with van der Waals surface area (Å²) in [7, 11) is 0. The van der Waals surface area contributed by atoms with Gasteiger partial charge in [0.15, 0.2) is 6.61 Å². The highest BCUT2D eigenvalue weighted by Crippen LogP contribution is 2.27. The van der Waals surface area contributed by atoms with E-state index in [1.807, 2.05) is 0 Å². The Morgan fingerprint density at radius 3 is 2.36 bits per heavy atom. The monoisotopic (exact) mass is 372 g/mol. The standard InChI is InChI=1S/C18H10Cl2N2O3/c19-14-3-6-17(16(20)8-14)24-11-18(23)25-15-4-1-12(2-5-15)7-13(9-21)10-22/h1-8H,11H2. The number of rotatable bonds is 5. The molecule has 0 aliphatic rings. The highest BCUT2D eigenvalue weighted by molar-refractivity contribution is 6.35. The van der Waals surface area contributed by atoms with Crippen molar-refractivity contribution >= 4 is 35.2 Å². The molecule has 25 heavy (non-hydrogen) atoms. The van der Waals surface area contributed by atoms with Gasteiger partial charge in [-0.2, -0.15) is 10.5 Å². The lowest BCUT2D eigenvalue weighted by Crippen LogP contribution is -2.17. The zero-order valence-corrected chi connectivity index (χ0v) is 14.2. The lowest BCUT2D eigenvalue weighted by molar-refractivity contribution is -0.136. The van der Waals surface area contributed by atoms with Gasteiger partial charge >= 0.3 is 5.97 Å². The molecule has 2 rings (SSSR count). The third kappa shape index (κ3) is 5.54. The van der Waals surface area contributed by atoms with E-state index in [0.717, 1.165) is 0 Å². The van der Waals surface area contributed by atoms with Crippen molar-refractivity contribution in [2.75, 3.05) is 6.61 Å². The Balaban J connectivity index is 1.94. The molecule has 0 saturated heterocycles. The fraction of sp³-hybridized carbons (Fsp3) is 0.0556. The number of carbonyl (C=O) groups is 1. The minimum Gasteiger partial charge on any atom is -0.480 e. The fourth-order valence-electron chi connectivity index (χ4n) is 1.78. The quantitative estimate of drug-likeness (QED) is 0.440. The van der Waals surface area contributed by atoms with E-state index in [-0.39, 0.29) is 12.2 Å². The van der Waals surface area contributed by atoms with Crippen LogP contribution in [0.25, 0.3) is 6.08 Å². The van der Waals surface area contributed by atoms with Crippen LogP contribution < -0.4 is 9.47 Å². The predicted octanol–water partition coefficient (Wildman–Crippen LogP) is 4.41. The van der Waals surface area contributed by atoms with Gasteiger partial charge in [0.05, 0.1) is 5.02 Å². The summed E-state index contributed by atoms with van der Waals surface area (Å²) >= 11 is 11.7. The SMILES string of the molecule is N#CC(C#N)=Cc1ccc(OC(=O)COc2ccc(Cl)cc2Cl)cc1. The van der Waals surface area contributed by atoms with Crippen LogP contribution >= 0.6 is 23.2 Å². The van der Waals surface area contributed by atoms with E-state index in [1.165, 1.54) is 12.1 Å². The Morgan fingerprint density at radius 2 is 1.76 bits per heavy atom. The normalized spacial score (nSPS) is 9.44. The zero-order valence-electron chi connectivity index (χ0n) is 12.7. The average molecular weight is 373 g/mol. The van der Waals surface area contributed by atoms with Gasteiger partial charge in [0.2, 0.25) is 0 Å². The Kier molecular flexibility index (Phi) is 6.42. The molecule has 0 heterocycles. The number of esters is 1. The number of hydrogen-bond donors (Lipinski definition) is 0. The van der Waals surface area contributed by atoms with Crippen molar-refractivity contribution in [2.24, 2.45) is 0 Å². The molecule has 0 fully saturated rings. The average Bonchev–Trinajstić information content (AvgIpc) is 2.60. The van der Waals surface area contributed by atoms with Crippen LogP contribution in [0.4, 0.5) is 0 Å². The second-order valence-corrected chi connectivity index (χ2v) is 5.53. The van der Waals surface area contributed by atoms with Crippen LogP contribution in [0.15, 0.2) is 48.0 Å². The number of allylic oxidation sites excluding steroid dienone is 1. The van der Waals surface area contributed by atoms with Gasteiger partial charge in [0.25, 0.3) is 0 Å². The highest BCUT2D eigenvalue weighted by Gasteiger charge is 2.09. The summed E-state index contributed by atoms with van der Waals surface area (Å²) in [6.45, 7) is -0.323. The van der Waals surface area contributed by atoms with Crippen molar-refractivity contribution in [2.45, 2.75) is 0 Å². The largest absolute Gasteiger partial charge is 0.480 e. The van der Waals surface area contributed by atoms with Crippen molar-refractivity contribution in [3.05, 3.63) is 63.6 Å². The first-order chi connectivity index (χ1) is 12.0. The fourth-order valence-corrected chi connectivity index (χ4v) is 2.24. The second-order valence-electron chi connectivity index (χ2n) is 4.69. The van der Waals surface area contributed by atoms with Crippen molar-refractivity contribution < 1.29 is 14.3 Å². The molecule has 0 amide bonds. The van der Waals surface area contributed by atoms with Crippen molar-refractivity contribution in [3.8, 4) is 23.6 Å². The van der Waals surface area contributed by atoms with Crippen LogP contribution in [0.2, 0.25) is 10.0 Å². The smallest absolute Gasteiger partial charge is 0.349 e. The molecule has 2 aromatic carbocycles. The highest BCUT2D eigenvalue weighted by atomic mass is 35.5. The van der Waals surface area contributed by atoms with Crippen LogP contribution in [0.3, 0.4) is 0 Å². The summed E-state index contributed by atoms with van der Waals surface area (Å²) in [5.41, 5.74) is 0.625. The Bertz CT molecular complexity index is 878. The minimum absolute atomic E-state index is 0.0158. The second kappa shape index (κ2) is 8.75. The maximum absolute atomic E-state index is 11.8. The number of benzene rings is 2. The maximum atomic E-state index is 11.8.